The van der Waals surface area contributed by atoms with Crippen molar-refractivity contribution in [3.63, 3.8) is 0 Å². The quantitative estimate of drug-likeness (QED) is 0.440. The van der Waals surface area contributed by atoms with Crippen LogP contribution in [0.25, 0.3) is 5.82 Å². The highest BCUT2D eigenvalue weighted by Crippen LogP contribution is 2.17. The van der Waals surface area contributed by atoms with Gasteiger partial charge in [-0.1, -0.05) is 0 Å². The molecule has 10 heteroatoms. The molecule has 0 saturated heterocycles. The number of carbonyl (C=O) groups is 1. The lowest BCUT2D eigenvalue weighted by molar-refractivity contribution is -0.385. The predicted octanol–water partition coefficient (Wildman–Crippen LogP) is 0.229. The molecule has 0 bridgehead atoms. The molecule has 2 rings (SSSR count). The average molecular weight is 274 g/mol. The number of hydrogen-bond acceptors (Lipinski definition) is 8. The molecule has 0 unspecified atom stereocenters. The van der Waals surface area contributed by atoms with Gasteiger partial charge in [0.25, 0.3) is 5.82 Å². The third-order valence-electron chi connectivity index (χ3n) is 2.26. The maximum Gasteiger partial charge on any atom is 0.377 e. The Hall–Kier alpha value is -3.35. The Bertz CT molecular complexity index is 732. The largest absolute Gasteiger partial charge is 0.463 e. The van der Waals surface area contributed by atoms with Gasteiger partial charge in [0.1, 0.15) is 12.4 Å². The number of nitro groups is 1. The van der Waals surface area contributed by atoms with E-state index in [1.165, 1.54) is 19.5 Å². The maximum atomic E-state index is 11.2. The first-order valence-corrected chi connectivity index (χ1v) is 5.12. The zero-order valence-electron chi connectivity index (χ0n) is 10.0. The van der Waals surface area contributed by atoms with Gasteiger partial charge in [0.2, 0.25) is 5.69 Å². The molecular formula is C10H6N6O4. The summed E-state index contributed by atoms with van der Waals surface area (Å²) in [6.45, 7) is 0. The Morgan fingerprint density at radius 1 is 1.55 bits per heavy atom. The van der Waals surface area contributed by atoms with Gasteiger partial charge in [0.05, 0.1) is 12.0 Å². The van der Waals surface area contributed by atoms with Gasteiger partial charge < -0.3 is 4.74 Å². The van der Waals surface area contributed by atoms with Gasteiger partial charge in [-0.15, -0.1) is 5.10 Å². The second kappa shape index (κ2) is 5.11. The summed E-state index contributed by atoms with van der Waals surface area (Å²) in [6, 6.07) is 4.03. The number of aromatic nitrogens is 4. The molecule has 0 fully saturated rings. The summed E-state index contributed by atoms with van der Waals surface area (Å²) >= 11 is 0. The van der Waals surface area contributed by atoms with Crippen molar-refractivity contribution in [2.75, 3.05) is 7.11 Å². The molecule has 0 amide bonds. The molecule has 0 spiro atoms. The van der Waals surface area contributed by atoms with E-state index in [2.05, 4.69) is 19.8 Å². The minimum Gasteiger partial charge on any atom is -0.463 e. The van der Waals surface area contributed by atoms with Crippen LogP contribution in [-0.2, 0) is 4.74 Å². The summed E-state index contributed by atoms with van der Waals surface area (Å²) in [5.41, 5.74) is -0.771. The van der Waals surface area contributed by atoms with Crippen LogP contribution in [0.3, 0.4) is 0 Å². The summed E-state index contributed by atoms with van der Waals surface area (Å²) in [5, 5.41) is 23.3. The minimum atomic E-state index is -0.730. The van der Waals surface area contributed by atoms with Crippen LogP contribution >= 0.6 is 0 Å². The predicted molar refractivity (Wildman–Crippen MR) is 61.9 cm³/mol. The second-order valence-electron chi connectivity index (χ2n) is 3.41. The summed E-state index contributed by atoms with van der Waals surface area (Å²) in [7, 11) is 1.18. The first-order chi connectivity index (χ1) is 9.56. The minimum absolute atomic E-state index is 0.120. The van der Waals surface area contributed by atoms with Crippen molar-refractivity contribution in [1.82, 2.24) is 19.7 Å². The van der Waals surface area contributed by atoms with Gasteiger partial charge in [-0.3, -0.25) is 10.1 Å². The fourth-order valence-corrected chi connectivity index (χ4v) is 1.36. The molecule has 2 aromatic heterocycles. The third-order valence-corrected chi connectivity index (χ3v) is 2.26. The highest BCUT2D eigenvalue weighted by molar-refractivity contribution is 5.84. The Kier molecular flexibility index (Phi) is 3.34. The van der Waals surface area contributed by atoms with Crippen molar-refractivity contribution in [3.05, 3.63) is 40.1 Å². The zero-order chi connectivity index (χ0) is 14.7. The van der Waals surface area contributed by atoms with Crippen LogP contribution in [0.1, 0.15) is 16.3 Å². The molecule has 0 aliphatic carbocycles. The lowest BCUT2D eigenvalue weighted by atomic mass is 10.3. The van der Waals surface area contributed by atoms with Crippen LogP contribution in [-0.4, -0.2) is 37.8 Å². The molecule has 0 aliphatic rings. The molecule has 100 valence electrons. The van der Waals surface area contributed by atoms with Crippen LogP contribution in [0.15, 0.2) is 18.5 Å². The van der Waals surface area contributed by atoms with Crippen LogP contribution in [0, 0.1) is 21.4 Å². The van der Waals surface area contributed by atoms with Crippen LogP contribution < -0.4 is 0 Å². The van der Waals surface area contributed by atoms with Gasteiger partial charge in [0, 0.05) is 6.07 Å². The van der Waals surface area contributed by atoms with Gasteiger partial charge in [-0.2, -0.15) is 5.26 Å². The van der Waals surface area contributed by atoms with Gasteiger partial charge in [0.15, 0.2) is 5.82 Å². The third kappa shape index (κ3) is 2.27. The number of esters is 1. The Morgan fingerprint density at radius 3 is 2.90 bits per heavy atom. The summed E-state index contributed by atoms with van der Waals surface area (Å²) in [6.07, 6.45) is 1.18. The van der Waals surface area contributed by atoms with Gasteiger partial charge in [-0.25, -0.2) is 19.4 Å². The van der Waals surface area contributed by atoms with E-state index in [9.17, 15) is 14.9 Å². The molecule has 20 heavy (non-hydrogen) atoms. The number of nitriles is 1. The number of carbonyl (C=O) groups excluding carboxylic acids is 1. The Balaban J connectivity index is 2.44. The van der Waals surface area contributed by atoms with E-state index in [0.29, 0.717) is 0 Å². The molecule has 2 aromatic rings. The highest BCUT2D eigenvalue weighted by atomic mass is 16.6. The van der Waals surface area contributed by atoms with Crippen molar-refractivity contribution in [1.29, 1.82) is 5.26 Å². The normalized spacial score (nSPS) is 9.80. The lowest BCUT2D eigenvalue weighted by Crippen LogP contribution is -2.06. The van der Waals surface area contributed by atoms with E-state index in [0.717, 1.165) is 10.7 Å². The van der Waals surface area contributed by atoms with Crippen molar-refractivity contribution in [2.45, 2.75) is 0 Å². The summed E-state index contributed by atoms with van der Waals surface area (Å²) in [5.74, 6) is -0.799. The number of hydrogen-bond donors (Lipinski definition) is 0. The molecule has 0 aliphatic heterocycles. The van der Waals surface area contributed by atoms with Gasteiger partial charge >= 0.3 is 11.7 Å². The smallest absolute Gasteiger partial charge is 0.377 e. The van der Waals surface area contributed by atoms with E-state index in [1.54, 1.807) is 6.07 Å². The van der Waals surface area contributed by atoms with Crippen LogP contribution in [0.2, 0.25) is 0 Å². The monoisotopic (exact) mass is 274 g/mol. The van der Waals surface area contributed by atoms with Crippen molar-refractivity contribution in [3.8, 4) is 11.9 Å². The molecule has 0 N–H and O–H groups in total. The Morgan fingerprint density at radius 2 is 2.30 bits per heavy atom. The molecule has 0 radical (unpaired) electrons. The van der Waals surface area contributed by atoms with Crippen molar-refractivity contribution < 1.29 is 14.5 Å². The maximum absolute atomic E-state index is 11.2. The van der Waals surface area contributed by atoms with Crippen LogP contribution in [0.5, 0.6) is 0 Å². The lowest BCUT2D eigenvalue weighted by Gasteiger charge is -2.00. The van der Waals surface area contributed by atoms with Crippen molar-refractivity contribution >= 4 is 11.7 Å². The highest BCUT2D eigenvalue weighted by Gasteiger charge is 2.18. The van der Waals surface area contributed by atoms with E-state index in [-0.39, 0.29) is 17.3 Å². The second-order valence-corrected chi connectivity index (χ2v) is 3.41. The zero-order valence-corrected chi connectivity index (χ0v) is 10.0. The first-order valence-electron chi connectivity index (χ1n) is 5.12. The number of pyridine rings is 1. The number of methoxy groups -OCH3 is 1. The number of rotatable bonds is 3. The Labute approximate surface area is 111 Å². The van der Waals surface area contributed by atoms with Crippen molar-refractivity contribution in [2.24, 2.45) is 0 Å². The molecule has 0 aromatic carbocycles. The fraction of sp³-hybridized carbons (Fsp3) is 0.100. The molecule has 0 saturated carbocycles. The van der Waals surface area contributed by atoms with E-state index in [4.69, 9.17) is 5.26 Å². The van der Waals surface area contributed by atoms with E-state index >= 15 is 0 Å². The summed E-state index contributed by atoms with van der Waals surface area (Å²) < 4.78 is 5.55. The molecule has 10 nitrogen and oxygen atoms in total. The molecule has 0 atom stereocenters. The standard InChI is InChI=1S/C10H6N6O4/c1-20-10(17)9-12-5-15(14-9)8-3-2-7(16(18)19)6(4-11)13-8/h2-3,5H,1H3. The average Bonchev–Trinajstić information content (AvgIpc) is 2.95. The SMILES string of the molecule is COC(=O)c1ncn(-c2ccc([N+](=O)[O-])c(C#N)n2)n1. The van der Waals surface area contributed by atoms with Crippen LogP contribution in [0.4, 0.5) is 5.69 Å². The molecular weight excluding hydrogens is 268 g/mol. The fourth-order valence-electron chi connectivity index (χ4n) is 1.36. The summed E-state index contributed by atoms with van der Waals surface area (Å²) in [4.78, 5) is 28.7. The van der Waals surface area contributed by atoms with Gasteiger partial charge in [-0.05, 0) is 6.07 Å². The molecule has 2 heterocycles. The number of nitrogens with zero attached hydrogens (tertiary/aromatic N) is 6. The first kappa shape index (κ1) is 13.1. The topological polar surface area (TPSA) is 137 Å². The number of ether oxygens (including phenoxy) is 1. The van der Waals surface area contributed by atoms with E-state index in [1.807, 2.05) is 0 Å². The van der Waals surface area contributed by atoms with E-state index < -0.39 is 16.6 Å².